The van der Waals surface area contributed by atoms with Crippen molar-refractivity contribution in [2.75, 3.05) is 14.2 Å². The summed E-state index contributed by atoms with van der Waals surface area (Å²) in [5.74, 6) is -0.184. The van der Waals surface area contributed by atoms with Gasteiger partial charge in [-0.1, -0.05) is 51.1 Å². The zero-order chi connectivity index (χ0) is 32.7. The number of hydrogen-bond donors (Lipinski definition) is 1. The minimum absolute atomic E-state index is 0.132. The molecular formula is C35H35N3O6S. The van der Waals surface area contributed by atoms with Gasteiger partial charge < -0.3 is 9.84 Å². The first kappa shape index (κ1) is 31.6. The number of methoxy groups -OCH3 is 1. The Morgan fingerprint density at radius 3 is 2.07 bits per heavy atom. The number of carboxylic acid groups (broad SMARTS) is 1. The summed E-state index contributed by atoms with van der Waals surface area (Å²) in [6.45, 7) is 7.89. The van der Waals surface area contributed by atoms with Crippen LogP contribution in [0.1, 0.15) is 55.5 Å². The van der Waals surface area contributed by atoms with Gasteiger partial charge in [0, 0.05) is 7.05 Å². The lowest BCUT2D eigenvalue weighted by molar-refractivity contribution is 0.0697. The highest BCUT2D eigenvalue weighted by Gasteiger charge is 2.30. The minimum Gasteiger partial charge on any atom is -0.497 e. The van der Waals surface area contributed by atoms with E-state index in [-0.39, 0.29) is 27.3 Å². The van der Waals surface area contributed by atoms with Gasteiger partial charge in [0.1, 0.15) is 11.6 Å². The largest absolute Gasteiger partial charge is 0.497 e. The SMILES string of the molecule is COc1ccc(-n2c(C(C)N(C)S(=O)(=O)c3ccc(C(C)(C)C)cc3)nc3ccc(-c4ccc(C(=O)O)cc4)cc3c2=O)cc1. The van der Waals surface area contributed by atoms with Crippen LogP contribution in [0.2, 0.25) is 0 Å². The third kappa shape index (κ3) is 6.11. The second-order valence-corrected chi connectivity index (χ2v) is 13.9. The van der Waals surface area contributed by atoms with Gasteiger partial charge in [0.2, 0.25) is 10.0 Å². The first-order valence-electron chi connectivity index (χ1n) is 14.4. The van der Waals surface area contributed by atoms with E-state index in [9.17, 15) is 23.1 Å². The normalized spacial score (nSPS) is 12.8. The Morgan fingerprint density at radius 1 is 0.911 bits per heavy atom. The lowest BCUT2D eigenvalue weighted by Crippen LogP contribution is -2.35. The molecule has 232 valence electrons. The molecule has 9 nitrogen and oxygen atoms in total. The van der Waals surface area contributed by atoms with E-state index in [1.807, 2.05) is 12.1 Å². The number of benzene rings is 4. The second-order valence-electron chi connectivity index (χ2n) is 11.9. The molecule has 0 aliphatic carbocycles. The first-order valence-corrected chi connectivity index (χ1v) is 15.8. The Balaban J connectivity index is 1.64. The number of aromatic carboxylic acids is 1. The lowest BCUT2D eigenvalue weighted by atomic mass is 9.87. The zero-order valence-corrected chi connectivity index (χ0v) is 26.8. The molecule has 5 rings (SSSR count). The van der Waals surface area contributed by atoms with Crippen molar-refractivity contribution >= 4 is 26.9 Å². The molecule has 0 amide bonds. The summed E-state index contributed by atoms with van der Waals surface area (Å²) in [6, 6.07) is 24.5. The highest BCUT2D eigenvalue weighted by molar-refractivity contribution is 7.89. The number of aromatic nitrogens is 2. The molecule has 0 aliphatic rings. The van der Waals surface area contributed by atoms with E-state index in [0.29, 0.717) is 27.9 Å². The molecule has 5 aromatic rings. The summed E-state index contributed by atoms with van der Waals surface area (Å²) in [6.07, 6.45) is 0. The molecule has 0 fully saturated rings. The average Bonchev–Trinajstić information content (AvgIpc) is 3.03. The maximum absolute atomic E-state index is 14.3. The maximum atomic E-state index is 14.3. The molecule has 10 heteroatoms. The Hall–Kier alpha value is -4.80. The summed E-state index contributed by atoms with van der Waals surface area (Å²) in [4.78, 5) is 30.6. The predicted molar refractivity (Wildman–Crippen MR) is 175 cm³/mol. The van der Waals surface area contributed by atoms with Crippen molar-refractivity contribution in [2.24, 2.45) is 0 Å². The third-order valence-corrected chi connectivity index (χ3v) is 9.95. The molecule has 1 aromatic heterocycles. The van der Waals surface area contributed by atoms with Crippen molar-refractivity contribution in [2.45, 2.75) is 44.0 Å². The Morgan fingerprint density at radius 2 is 1.51 bits per heavy atom. The fourth-order valence-corrected chi connectivity index (χ4v) is 6.44. The topological polar surface area (TPSA) is 119 Å². The van der Waals surface area contributed by atoms with Crippen LogP contribution in [0.15, 0.2) is 101 Å². The molecule has 0 saturated heterocycles. The quantitative estimate of drug-likeness (QED) is 0.211. The fourth-order valence-electron chi connectivity index (χ4n) is 5.11. The molecule has 1 N–H and O–H groups in total. The highest BCUT2D eigenvalue weighted by atomic mass is 32.2. The summed E-state index contributed by atoms with van der Waals surface area (Å²) in [5.41, 5.74) is 3.00. The molecule has 4 aromatic carbocycles. The van der Waals surface area contributed by atoms with Crippen LogP contribution in [-0.4, -0.2) is 47.5 Å². The number of carbonyl (C=O) groups is 1. The smallest absolute Gasteiger partial charge is 0.335 e. The van der Waals surface area contributed by atoms with Crippen molar-refractivity contribution in [1.29, 1.82) is 0 Å². The summed E-state index contributed by atoms with van der Waals surface area (Å²) in [7, 11) is -0.932. The van der Waals surface area contributed by atoms with Crippen LogP contribution in [0.4, 0.5) is 0 Å². The summed E-state index contributed by atoms with van der Waals surface area (Å²) >= 11 is 0. The number of ether oxygens (including phenoxy) is 1. The molecule has 0 aliphatic heterocycles. The Labute approximate surface area is 262 Å². The van der Waals surface area contributed by atoms with Gasteiger partial charge in [0.15, 0.2) is 0 Å². The van der Waals surface area contributed by atoms with Crippen LogP contribution in [0, 0.1) is 0 Å². The number of hydrogen-bond acceptors (Lipinski definition) is 6. The van der Waals surface area contributed by atoms with Crippen molar-refractivity contribution < 1.29 is 23.1 Å². The molecule has 45 heavy (non-hydrogen) atoms. The average molecular weight is 626 g/mol. The third-order valence-electron chi connectivity index (χ3n) is 8.01. The zero-order valence-electron chi connectivity index (χ0n) is 26.0. The highest BCUT2D eigenvalue weighted by Crippen LogP contribution is 2.30. The fraction of sp³-hybridized carbons (Fsp3) is 0.229. The number of nitrogens with zero attached hydrogens (tertiary/aromatic N) is 3. The molecule has 1 atom stereocenters. The van der Waals surface area contributed by atoms with Gasteiger partial charge in [-0.2, -0.15) is 4.31 Å². The van der Waals surface area contributed by atoms with Gasteiger partial charge >= 0.3 is 5.97 Å². The molecular weight excluding hydrogens is 590 g/mol. The van der Waals surface area contributed by atoms with Gasteiger partial charge in [0.25, 0.3) is 5.56 Å². The van der Waals surface area contributed by atoms with E-state index >= 15 is 0 Å². The standard InChI is InChI=1S/C35H35N3O6S/c1-22(37(5)45(42,43)29-18-12-26(13-19-29)35(2,3)4)32-36-31-20-11-25(23-7-9-24(10-8-23)34(40)41)21-30(31)33(39)38(32)27-14-16-28(44-6)17-15-27/h7-22H,1-6H3,(H,40,41). The van der Waals surface area contributed by atoms with Crippen LogP contribution in [-0.2, 0) is 15.4 Å². The van der Waals surface area contributed by atoms with Gasteiger partial charge in [0.05, 0.1) is 40.2 Å². The number of sulfonamides is 1. The van der Waals surface area contributed by atoms with E-state index < -0.39 is 22.0 Å². The monoisotopic (exact) mass is 625 g/mol. The van der Waals surface area contributed by atoms with Crippen molar-refractivity contribution in [3.63, 3.8) is 0 Å². The maximum Gasteiger partial charge on any atom is 0.335 e. The number of rotatable bonds is 8. The molecule has 1 heterocycles. The summed E-state index contributed by atoms with van der Waals surface area (Å²) in [5, 5.41) is 9.58. The lowest BCUT2D eigenvalue weighted by Gasteiger charge is -2.27. The number of fused-ring (bicyclic) bond motifs is 1. The summed E-state index contributed by atoms with van der Waals surface area (Å²) < 4.78 is 35.6. The van der Waals surface area contributed by atoms with E-state index in [2.05, 4.69) is 20.8 Å². The molecule has 1 unspecified atom stereocenters. The Bertz CT molecular complexity index is 2050. The van der Waals surface area contributed by atoms with E-state index in [0.717, 1.165) is 11.1 Å². The van der Waals surface area contributed by atoms with Gasteiger partial charge in [-0.05, 0) is 89.7 Å². The van der Waals surface area contributed by atoms with Gasteiger partial charge in [-0.15, -0.1) is 0 Å². The van der Waals surface area contributed by atoms with Gasteiger partial charge in [-0.25, -0.2) is 18.2 Å². The first-order chi connectivity index (χ1) is 21.2. The molecule has 0 spiro atoms. The van der Waals surface area contributed by atoms with Crippen LogP contribution in [0.3, 0.4) is 0 Å². The van der Waals surface area contributed by atoms with Crippen LogP contribution >= 0.6 is 0 Å². The molecule has 0 bridgehead atoms. The van der Waals surface area contributed by atoms with E-state index in [1.165, 1.54) is 28.1 Å². The molecule has 0 radical (unpaired) electrons. The van der Waals surface area contributed by atoms with Gasteiger partial charge in [-0.3, -0.25) is 9.36 Å². The van der Waals surface area contributed by atoms with Crippen LogP contribution in [0.5, 0.6) is 5.75 Å². The Kier molecular flexibility index (Phi) is 8.39. The second kappa shape index (κ2) is 11.9. The van der Waals surface area contributed by atoms with Crippen LogP contribution in [0.25, 0.3) is 27.7 Å². The van der Waals surface area contributed by atoms with Crippen molar-refractivity contribution in [3.8, 4) is 22.6 Å². The predicted octanol–water partition coefficient (Wildman–Crippen LogP) is 6.44. The van der Waals surface area contributed by atoms with Crippen molar-refractivity contribution in [1.82, 2.24) is 13.9 Å². The van der Waals surface area contributed by atoms with Crippen molar-refractivity contribution in [3.05, 3.63) is 118 Å². The van der Waals surface area contributed by atoms with Crippen LogP contribution < -0.4 is 10.3 Å². The van der Waals surface area contributed by atoms with E-state index in [1.54, 1.807) is 80.8 Å². The number of carboxylic acids is 1. The molecule has 0 saturated carbocycles. The van der Waals surface area contributed by atoms with E-state index in [4.69, 9.17) is 9.72 Å². The minimum atomic E-state index is -3.96.